The monoisotopic (exact) mass is 254 g/mol. The number of hydrogen-bond donors (Lipinski definition) is 1. The maximum atomic E-state index is 6.19. The Bertz CT molecular complexity index is 388. The van der Waals surface area contributed by atoms with Crippen LogP contribution in [0, 0.1) is 6.92 Å². The topological polar surface area (TPSA) is 47.1 Å². The molecule has 0 saturated carbocycles. The van der Waals surface area contributed by atoms with E-state index in [1.807, 2.05) is 18.7 Å². The highest BCUT2D eigenvalue weighted by Crippen LogP contribution is 2.31. The lowest BCUT2D eigenvalue weighted by Gasteiger charge is -2.35. The van der Waals surface area contributed by atoms with Gasteiger partial charge in [-0.15, -0.1) is 0 Å². The molecule has 2 heterocycles. The highest BCUT2D eigenvalue weighted by atomic mass is 32.2. The molecular formula is C12H22N4S. The van der Waals surface area contributed by atoms with Crippen molar-refractivity contribution in [3.63, 3.8) is 0 Å². The fourth-order valence-corrected chi connectivity index (χ4v) is 3.31. The molecule has 0 spiro atoms. The summed E-state index contributed by atoms with van der Waals surface area (Å²) in [6.45, 7) is 8.46. The fraction of sp³-hybridized carbons (Fsp3) is 0.750. The highest BCUT2D eigenvalue weighted by Gasteiger charge is 2.25. The molecule has 1 aliphatic rings. The zero-order valence-electron chi connectivity index (χ0n) is 10.9. The van der Waals surface area contributed by atoms with Crippen LogP contribution >= 0.6 is 11.8 Å². The second-order valence-electron chi connectivity index (χ2n) is 4.66. The van der Waals surface area contributed by atoms with E-state index in [-0.39, 0.29) is 0 Å². The van der Waals surface area contributed by atoms with Gasteiger partial charge in [-0.3, -0.25) is 0 Å². The predicted molar refractivity (Wildman–Crippen MR) is 75.8 cm³/mol. The van der Waals surface area contributed by atoms with E-state index < -0.39 is 0 Å². The molecule has 1 atom stereocenters. The fourth-order valence-electron chi connectivity index (χ4n) is 2.30. The highest BCUT2D eigenvalue weighted by molar-refractivity contribution is 7.99. The van der Waals surface area contributed by atoms with Crippen molar-refractivity contribution in [2.75, 3.05) is 28.7 Å². The van der Waals surface area contributed by atoms with Crippen molar-refractivity contribution in [2.24, 2.45) is 0 Å². The van der Waals surface area contributed by atoms with E-state index in [1.165, 1.54) is 11.5 Å². The van der Waals surface area contributed by atoms with E-state index in [0.717, 1.165) is 36.7 Å². The maximum absolute atomic E-state index is 6.19. The first-order chi connectivity index (χ1) is 8.15. The second kappa shape index (κ2) is 5.21. The molecule has 2 N–H and O–H groups in total. The summed E-state index contributed by atoms with van der Waals surface area (Å²) >= 11 is 2.02. The molecule has 1 unspecified atom stereocenters. The summed E-state index contributed by atoms with van der Waals surface area (Å²) in [7, 11) is 0. The zero-order valence-corrected chi connectivity index (χ0v) is 11.8. The molecule has 4 nitrogen and oxygen atoms in total. The number of hydrogen-bond acceptors (Lipinski definition) is 4. The van der Waals surface area contributed by atoms with Crippen LogP contribution in [0.1, 0.15) is 26.0 Å². The maximum Gasteiger partial charge on any atom is 0.150 e. The minimum Gasteiger partial charge on any atom is -0.394 e. The first kappa shape index (κ1) is 12.6. The number of aromatic nitrogens is 2. The summed E-state index contributed by atoms with van der Waals surface area (Å²) in [5.74, 6) is 3.49. The molecule has 0 aliphatic carbocycles. The van der Waals surface area contributed by atoms with E-state index in [2.05, 4.69) is 28.5 Å². The lowest BCUT2D eigenvalue weighted by Crippen LogP contribution is -2.42. The van der Waals surface area contributed by atoms with Gasteiger partial charge in [0, 0.05) is 30.6 Å². The van der Waals surface area contributed by atoms with Gasteiger partial charge in [0.1, 0.15) is 0 Å². The van der Waals surface area contributed by atoms with Crippen LogP contribution in [-0.4, -0.2) is 33.9 Å². The Labute approximate surface area is 108 Å². The molecule has 1 fully saturated rings. The number of thioether (sulfide) groups is 1. The van der Waals surface area contributed by atoms with E-state index in [9.17, 15) is 0 Å². The number of rotatable bonds is 3. The average Bonchev–Trinajstić information content (AvgIpc) is 2.57. The lowest BCUT2D eigenvalue weighted by atomic mass is 10.2. The summed E-state index contributed by atoms with van der Waals surface area (Å²) in [6.07, 6.45) is 1.09. The van der Waals surface area contributed by atoms with E-state index in [4.69, 9.17) is 5.73 Å². The SMILES string of the molecule is CCCn1nc(C)c(N)c1N1CCSCC1C. The molecule has 0 amide bonds. The summed E-state index contributed by atoms with van der Waals surface area (Å²) in [4.78, 5) is 2.42. The lowest BCUT2D eigenvalue weighted by molar-refractivity contribution is 0.571. The Morgan fingerprint density at radius 2 is 2.29 bits per heavy atom. The molecular weight excluding hydrogens is 232 g/mol. The third-order valence-corrected chi connectivity index (χ3v) is 4.41. The van der Waals surface area contributed by atoms with Crippen LogP contribution in [0.3, 0.4) is 0 Å². The summed E-state index contributed by atoms with van der Waals surface area (Å²) in [5, 5.41) is 4.55. The van der Waals surface area contributed by atoms with Crippen molar-refractivity contribution in [2.45, 2.75) is 39.8 Å². The molecule has 5 heteroatoms. The largest absolute Gasteiger partial charge is 0.394 e. The van der Waals surface area contributed by atoms with Gasteiger partial charge in [0.15, 0.2) is 5.82 Å². The summed E-state index contributed by atoms with van der Waals surface area (Å²) in [6, 6.07) is 0.544. The van der Waals surface area contributed by atoms with Crippen molar-refractivity contribution in [3.05, 3.63) is 5.69 Å². The Morgan fingerprint density at radius 1 is 1.53 bits per heavy atom. The minimum absolute atomic E-state index is 0.544. The van der Waals surface area contributed by atoms with Crippen molar-refractivity contribution < 1.29 is 0 Å². The van der Waals surface area contributed by atoms with Crippen LogP contribution in [0.15, 0.2) is 0 Å². The smallest absolute Gasteiger partial charge is 0.150 e. The Kier molecular flexibility index (Phi) is 3.86. The molecule has 0 bridgehead atoms. The zero-order chi connectivity index (χ0) is 12.4. The van der Waals surface area contributed by atoms with Crippen molar-refractivity contribution in [1.82, 2.24) is 9.78 Å². The number of anilines is 2. The quantitative estimate of drug-likeness (QED) is 0.897. The van der Waals surface area contributed by atoms with Crippen LogP contribution in [0.4, 0.5) is 11.5 Å². The molecule has 17 heavy (non-hydrogen) atoms. The summed E-state index contributed by atoms with van der Waals surface area (Å²) < 4.78 is 2.08. The molecule has 2 rings (SSSR count). The van der Waals surface area contributed by atoms with Gasteiger partial charge < -0.3 is 10.6 Å². The van der Waals surface area contributed by atoms with Crippen LogP contribution < -0.4 is 10.6 Å². The van der Waals surface area contributed by atoms with Crippen molar-refractivity contribution in [1.29, 1.82) is 0 Å². The molecule has 1 saturated heterocycles. The van der Waals surface area contributed by atoms with Gasteiger partial charge in [0.25, 0.3) is 0 Å². The molecule has 0 radical (unpaired) electrons. The normalized spacial score (nSPS) is 20.9. The third-order valence-electron chi connectivity index (χ3n) is 3.22. The first-order valence-corrected chi connectivity index (χ1v) is 7.47. The van der Waals surface area contributed by atoms with Crippen molar-refractivity contribution in [3.8, 4) is 0 Å². The number of nitrogens with zero attached hydrogens (tertiary/aromatic N) is 3. The third kappa shape index (κ3) is 2.39. The van der Waals surface area contributed by atoms with E-state index >= 15 is 0 Å². The van der Waals surface area contributed by atoms with Crippen LogP contribution in [0.5, 0.6) is 0 Å². The molecule has 0 aromatic carbocycles. The van der Waals surface area contributed by atoms with E-state index in [1.54, 1.807) is 0 Å². The van der Waals surface area contributed by atoms with Crippen molar-refractivity contribution >= 4 is 23.3 Å². The first-order valence-electron chi connectivity index (χ1n) is 6.32. The average molecular weight is 254 g/mol. The van der Waals surface area contributed by atoms with Crippen LogP contribution in [0.25, 0.3) is 0 Å². The standard InChI is InChI=1S/C12H22N4S/c1-4-5-16-12(11(13)10(3)14-16)15-6-7-17-8-9(15)2/h9H,4-8,13H2,1-3H3. The molecule has 1 aliphatic heterocycles. The van der Waals surface area contributed by atoms with Gasteiger partial charge in [0.05, 0.1) is 11.4 Å². The Morgan fingerprint density at radius 3 is 2.94 bits per heavy atom. The number of nitrogens with two attached hydrogens (primary N) is 1. The molecule has 1 aromatic rings. The van der Waals surface area contributed by atoms with Gasteiger partial charge in [0.2, 0.25) is 0 Å². The predicted octanol–water partition coefficient (Wildman–Crippen LogP) is 2.13. The second-order valence-corrected chi connectivity index (χ2v) is 5.81. The van der Waals surface area contributed by atoms with Gasteiger partial charge in [-0.2, -0.15) is 16.9 Å². The van der Waals surface area contributed by atoms with Gasteiger partial charge in [-0.05, 0) is 20.3 Å². The Hall–Kier alpha value is -0.840. The molecule has 1 aromatic heterocycles. The molecule has 96 valence electrons. The van der Waals surface area contributed by atoms with Crippen LogP contribution in [-0.2, 0) is 6.54 Å². The van der Waals surface area contributed by atoms with Gasteiger partial charge in [-0.1, -0.05) is 6.92 Å². The minimum atomic E-state index is 0.544. The number of aryl methyl sites for hydroxylation is 2. The van der Waals surface area contributed by atoms with Crippen LogP contribution in [0.2, 0.25) is 0 Å². The Balaban J connectivity index is 2.34. The van der Waals surface area contributed by atoms with Gasteiger partial charge in [-0.25, -0.2) is 4.68 Å². The van der Waals surface area contributed by atoms with E-state index in [0.29, 0.717) is 6.04 Å². The number of nitrogen functional groups attached to an aromatic ring is 1. The van der Waals surface area contributed by atoms with Gasteiger partial charge >= 0.3 is 0 Å². The summed E-state index contributed by atoms with van der Waals surface area (Å²) in [5.41, 5.74) is 8.01.